The van der Waals surface area contributed by atoms with Crippen molar-refractivity contribution in [2.24, 2.45) is 0 Å². The highest BCUT2D eigenvalue weighted by atomic mass is 19.4. The molecule has 0 saturated heterocycles. The van der Waals surface area contributed by atoms with Gasteiger partial charge in [-0.05, 0) is 18.2 Å². The molecule has 0 radical (unpaired) electrons. The minimum absolute atomic E-state index is 0.0849. The van der Waals surface area contributed by atoms with Crippen LogP contribution in [0.2, 0.25) is 0 Å². The molecule has 3 aromatic rings. The number of Topliss-reactive ketones (excluding diaryl/α,β-unsaturated/α-hetero) is 1. The van der Waals surface area contributed by atoms with E-state index >= 15 is 0 Å². The van der Waals surface area contributed by atoms with Gasteiger partial charge in [-0.15, -0.1) is 5.46 Å². The second-order valence-corrected chi connectivity index (χ2v) is 6.91. The number of ketones is 1. The number of halogens is 9. The van der Waals surface area contributed by atoms with Crippen molar-refractivity contribution in [2.45, 2.75) is 18.9 Å². The van der Waals surface area contributed by atoms with Gasteiger partial charge in [0.1, 0.15) is 0 Å². The van der Waals surface area contributed by atoms with Crippen LogP contribution in [0, 0.1) is 11.3 Å². The van der Waals surface area contributed by atoms with Crippen LogP contribution in [0.4, 0.5) is 39.3 Å². The monoisotopic (exact) mass is 505 g/mol. The Morgan fingerprint density at radius 3 is 1.89 bits per heavy atom. The Bertz CT molecular complexity index is 1140. The second-order valence-electron chi connectivity index (χ2n) is 6.91. The van der Waals surface area contributed by atoms with Crippen LogP contribution in [0.3, 0.4) is 0 Å². The summed E-state index contributed by atoms with van der Waals surface area (Å²) in [5.41, 5.74) is -5.03. The van der Waals surface area contributed by atoms with E-state index in [0.29, 0.717) is 11.1 Å². The lowest BCUT2D eigenvalue weighted by Gasteiger charge is -2.19. The van der Waals surface area contributed by atoms with Crippen molar-refractivity contribution in [1.29, 1.82) is 5.26 Å². The van der Waals surface area contributed by atoms with Crippen molar-refractivity contribution in [3.8, 4) is 6.07 Å². The van der Waals surface area contributed by atoms with E-state index < -0.39 is 35.9 Å². The highest BCUT2D eigenvalue weighted by molar-refractivity contribution is 6.73. The lowest BCUT2D eigenvalue weighted by Crippen LogP contribution is -2.37. The lowest BCUT2D eigenvalue weighted by atomic mass is 9.78. The number of nitriles is 1. The van der Waals surface area contributed by atoms with E-state index in [1.54, 1.807) is 53.6 Å². The molecule has 3 rings (SSSR count). The topological polar surface area (TPSA) is 57.6 Å². The SMILES string of the molecule is F[B-](F)(F)c1cc(C(F)(F)F)cc(C(F)(F)F)c1.N#Cc1ccccc1C(=O)C[n+]1ccncc1. The molecule has 0 aliphatic rings. The van der Waals surface area contributed by atoms with Crippen molar-refractivity contribution in [1.82, 2.24) is 4.98 Å². The van der Waals surface area contributed by atoms with E-state index in [2.05, 4.69) is 4.98 Å². The molecule has 1 aromatic heterocycles. The van der Waals surface area contributed by atoms with E-state index in [1.807, 2.05) is 6.07 Å². The molecule has 35 heavy (non-hydrogen) atoms. The maximum absolute atomic E-state index is 12.3. The summed E-state index contributed by atoms with van der Waals surface area (Å²) >= 11 is 0. The Hall–Kier alpha value is -3.89. The molecule has 2 aromatic carbocycles. The van der Waals surface area contributed by atoms with Gasteiger partial charge in [0.25, 0.3) is 0 Å². The highest BCUT2D eigenvalue weighted by Gasteiger charge is 2.39. The maximum Gasteiger partial charge on any atom is 0.509 e. The van der Waals surface area contributed by atoms with Crippen LogP contribution in [0.1, 0.15) is 27.0 Å². The molecule has 0 amide bonds. The first-order valence-electron chi connectivity index (χ1n) is 9.43. The fourth-order valence-electron chi connectivity index (χ4n) is 2.70. The average Bonchev–Trinajstić information content (AvgIpc) is 2.78. The third kappa shape index (κ3) is 7.84. The Morgan fingerprint density at radius 2 is 1.43 bits per heavy atom. The fraction of sp³-hybridized carbons (Fsp3) is 0.143. The molecule has 0 spiro atoms. The Labute approximate surface area is 192 Å². The third-order valence-corrected chi connectivity index (χ3v) is 4.35. The lowest BCUT2D eigenvalue weighted by molar-refractivity contribution is -0.683. The molecule has 0 fully saturated rings. The number of hydrogen-bond acceptors (Lipinski definition) is 3. The molecule has 0 aliphatic heterocycles. The van der Waals surface area contributed by atoms with Crippen molar-refractivity contribution in [2.75, 3.05) is 0 Å². The predicted octanol–water partition coefficient (Wildman–Crippen LogP) is 4.90. The first kappa shape index (κ1) is 27.4. The van der Waals surface area contributed by atoms with Crippen LogP contribution in [0.5, 0.6) is 0 Å². The van der Waals surface area contributed by atoms with E-state index in [4.69, 9.17) is 5.26 Å². The number of aromatic nitrogens is 2. The van der Waals surface area contributed by atoms with Crippen molar-refractivity contribution in [3.63, 3.8) is 0 Å². The number of carbonyl (C=O) groups is 1. The number of nitrogens with zero attached hydrogens (tertiary/aromatic N) is 3. The molecule has 14 heteroatoms. The van der Waals surface area contributed by atoms with E-state index in [1.165, 1.54) is 0 Å². The summed E-state index contributed by atoms with van der Waals surface area (Å²) in [5, 5.41) is 8.91. The van der Waals surface area contributed by atoms with Crippen molar-refractivity contribution in [3.05, 3.63) is 89.5 Å². The summed E-state index contributed by atoms with van der Waals surface area (Å²) in [5.74, 6) is -0.0849. The van der Waals surface area contributed by atoms with Gasteiger partial charge >= 0.3 is 19.3 Å². The maximum atomic E-state index is 12.3. The highest BCUT2D eigenvalue weighted by Crippen LogP contribution is 2.35. The van der Waals surface area contributed by atoms with Crippen LogP contribution in [-0.4, -0.2) is 17.7 Å². The predicted molar refractivity (Wildman–Crippen MR) is 105 cm³/mol. The normalized spacial score (nSPS) is 11.8. The zero-order valence-corrected chi connectivity index (χ0v) is 17.3. The van der Waals surface area contributed by atoms with Crippen molar-refractivity contribution >= 4 is 18.2 Å². The molecule has 0 N–H and O–H groups in total. The number of rotatable bonds is 4. The Kier molecular flexibility index (Phi) is 8.27. The molecule has 0 bridgehead atoms. The largest absolute Gasteiger partial charge is 0.509 e. The molecule has 0 saturated carbocycles. The van der Waals surface area contributed by atoms with Gasteiger partial charge in [0.15, 0.2) is 12.4 Å². The summed E-state index contributed by atoms with van der Waals surface area (Å²) in [4.78, 5) is 15.9. The Balaban J connectivity index is 0.000000247. The van der Waals surface area contributed by atoms with Crippen molar-refractivity contribution < 1.29 is 48.7 Å². The van der Waals surface area contributed by atoms with Crippen LogP contribution < -0.4 is 10.0 Å². The van der Waals surface area contributed by atoms with E-state index in [0.717, 1.165) is 0 Å². The van der Waals surface area contributed by atoms with Gasteiger partial charge < -0.3 is 12.9 Å². The molecule has 184 valence electrons. The van der Waals surface area contributed by atoms with Gasteiger partial charge in [0, 0.05) is 5.56 Å². The standard InChI is InChI=1S/C13H10N3O.C8H3BF9/c14-9-11-3-1-2-4-12(11)13(17)10-16-7-5-15-6-8-16;10-7(11,12)4-1-5(8(13,14)15)3-6(2-4)9(16,17)18/h1-8H,10H2;1-3H/q+1;-1. The number of benzene rings is 2. The molecule has 0 atom stereocenters. The van der Waals surface area contributed by atoms with Crippen LogP contribution in [0.25, 0.3) is 0 Å². The first-order chi connectivity index (χ1) is 16.1. The van der Waals surface area contributed by atoms with E-state index in [9.17, 15) is 44.1 Å². The molecule has 0 unspecified atom stereocenters. The van der Waals surface area contributed by atoms with Crippen LogP contribution in [-0.2, 0) is 18.9 Å². The molecule has 1 heterocycles. The second kappa shape index (κ2) is 10.6. The number of alkyl halides is 6. The van der Waals surface area contributed by atoms with E-state index in [-0.39, 0.29) is 30.5 Å². The summed E-state index contributed by atoms with van der Waals surface area (Å²) in [6, 6.07) is 7.80. The molecule has 0 aliphatic carbocycles. The van der Waals surface area contributed by atoms with Gasteiger partial charge in [-0.3, -0.25) is 9.78 Å². The first-order valence-corrected chi connectivity index (χ1v) is 9.43. The average molecular weight is 505 g/mol. The third-order valence-electron chi connectivity index (χ3n) is 4.35. The van der Waals surface area contributed by atoms with Gasteiger partial charge in [-0.2, -0.15) is 36.2 Å². The summed E-state index contributed by atoms with van der Waals surface area (Å²) in [6.45, 7) is -5.74. The van der Waals surface area contributed by atoms with Gasteiger partial charge in [-0.1, -0.05) is 24.3 Å². The summed E-state index contributed by atoms with van der Waals surface area (Å²) < 4.78 is 112. The van der Waals surface area contributed by atoms with Gasteiger partial charge in [-0.25, -0.2) is 0 Å². The van der Waals surface area contributed by atoms with Crippen LogP contribution >= 0.6 is 0 Å². The van der Waals surface area contributed by atoms with Crippen LogP contribution in [0.15, 0.2) is 67.3 Å². The number of carbonyl (C=O) groups excluding carboxylic acids is 1. The van der Waals surface area contributed by atoms with Gasteiger partial charge in [0.05, 0.1) is 35.2 Å². The molecular weight excluding hydrogens is 492 g/mol. The summed E-state index contributed by atoms with van der Waals surface area (Å²) in [7, 11) is 0. The quantitative estimate of drug-likeness (QED) is 0.220. The minimum Gasteiger partial charge on any atom is -0.445 e. The zero-order chi connectivity index (χ0) is 26.4. The Morgan fingerprint density at radius 1 is 0.914 bits per heavy atom. The number of hydrogen-bond donors (Lipinski definition) is 0. The minimum atomic E-state index is -5.95. The molecular formula is C21H13BF9N3O. The molecule has 4 nitrogen and oxygen atoms in total. The fourth-order valence-corrected chi connectivity index (χ4v) is 2.70. The smallest absolute Gasteiger partial charge is 0.445 e. The zero-order valence-electron chi connectivity index (χ0n) is 17.3. The van der Waals surface area contributed by atoms with Gasteiger partial charge in [0.2, 0.25) is 12.3 Å². The summed E-state index contributed by atoms with van der Waals surface area (Å²) in [6.07, 6.45) is -3.90.